The second kappa shape index (κ2) is 7.37. The molecule has 0 amide bonds. The first-order valence-electron chi connectivity index (χ1n) is 7.82. The number of nitriles is 1. The average Bonchev–Trinajstić information content (AvgIpc) is 2.53. The van der Waals surface area contributed by atoms with Gasteiger partial charge in [0, 0.05) is 20.2 Å². The van der Waals surface area contributed by atoms with E-state index in [2.05, 4.69) is 23.2 Å². The lowest BCUT2D eigenvalue weighted by atomic mass is 10.0. The zero-order valence-electron chi connectivity index (χ0n) is 13.2. The Morgan fingerprint density at radius 3 is 2.67 bits per heavy atom. The molecule has 1 aliphatic heterocycles. The zero-order valence-corrected chi connectivity index (χ0v) is 13.2. The van der Waals surface area contributed by atoms with E-state index in [1.165, 1.54) is 6.42 Å². The van der Waals surface area contributed by atoms with Crippen molar-refractivity contribution in [1.82, 2.24) is 10.2 Å². The van der Waals surface area contributed by atoms with Crippen molar-refractivity contribution in [1.29, 1.82) is 5.26 Å². The van der Waals surface area contributed by atoms with E-state index < -0.39 is 0 Å². The number of likely N-dealkylation sites (N-methyl/N-ethyl adjacent to an activating group) is 1. The number of anilines is 1. The molecule has 1 atom stereocenters. The highest BCUT2D eigenvalue weighted by Crippen LogP contribution is 2.24. The predicted octanol–water partition coefficient (Wildman–Crippen LogP) is 2.48. The molecule has 0 radical (unpaired) electrons. The number of nitrogens with zero attached hydrogens (tertiary/aromatic N) is 4. The van der Waals surface area contributed by atoms with Crippen molar-refractivity contribution in [2.75, 3.05) is 25.1 Å². The van der Waals surface area contributed by atoms with E-state index in [9.17, 15) is 5.26 Å². The summed E-state index contributed by atoms with van der Waals surface area (Å²) in [5, 5.41) is 18.1. The molecule has 0 saturated carbocycles. The Balaban J connectivity index is 2.23. The van der Waals surface area contributed by atoms with Gasteiger partial charge in [-0.05, 0) is 37.7 Å². The summed E-state index contributed by atoms with van der Waals surface area (Å²) in [6, 6.07) is 2.32. The van der Waals surface area contributed by atoms with Crippen LogP contribution in [0.2, 0.25) is 0 Å². The largest absolute Gasteiger partial charge is 0.376 e. The third-order valence-corrected chi connectivity index (χ3v) is 4.05. The summed E-state index contributed by atoms with van der Waals surface area (Å²) in [5.74, 6) is 0.681. The van der Waals surface area contributed by atoms with Crippen LogP contribution in [0.25, 0.3) is 0 Å². The van der Waals surface area contributed by atoms with Crippen LogP contribution >= 0.6 is 0 Å². The minimum Gasteiger partial charge on any atom is -0.376 e. The molecule has 2 rings (SSSR count). The van der Waals surface area contributed by atoms with Gasteiger partial charge in [0.15, 0.2) is 5.82 Å². The maximum atomic E-state index is 9.53. The highest BCUT2D eigenvalue weighted by atomic mass is 16.5. The molecule has 1 unspecified atom stereocenters. The molecule has 0 aliphatic carbocycles. The summed E-state index contributed by atoms with van der Waals surface area (Å²) < 4.78 is 5.77. The van der Waals surface area contributed by atoms with Crippen LogP contribution in [0.3, 0.4) is 0 Å². The SMILES string of the molecule is CCc1nnc(N(C)CC2CCCCO2)c(C#N)c1CC. The normalized spacial score (nSPS) is 18.3. The van der Waals surface area contributed by atoms with Crippen LogP contribution in [0.1, 0.15) is 49.9 Å². The second-order valence-corrected chi connectivity index (χ2v) is 5.51. The van der Waals surface area contributed by atoms with Gasteiger partial charge in [-0.2, -0.15) is 10.4 Å². The van der Waals surface area contributed by atoms with Crippen molar-refractivity contribution in [3.63, 3.8) is 0 Å². The molecule has 1 aromatic rings. The Bertz CT molecular complexity index is 518. The Hall–Kier alpha value is -1.67. The molecule has 0 spiro atoms. The van der Waals surface area contributed by atoms with E-state index in [1.807, 2.05) is 18.9 Å². The molecule has 1 aromatic heterocycles. The third-order valence-electron chi connectivity index (χ3n) is 4.05. The third kappa shape index (κ3) is 3.51. The summed E-state index contributed by atoms with van der Waals surface area (Å²) >= 11 is 0. The molecule has 5 nitrogen and oxygen atoms in total. The van der Waals surface area contributed by atoms with Crippen molar-refractivity contribution in [2.24, 2.45) is 0 Å². The van der Waals surface area contributed by atoms with E-state index in [1.54, 1.807) is 0 Å². The molecular formula is C16H24N4O. The van der Waals surface area contributed by atoms with Gasteiger partial charge in [-0.3, -0.25) is 0 Å². The lowest BCUT2D eigenvalue weighted by Gasteiger charge is -2.28. The molecule has 5 heteroatoms. The van der Waals surface area contributed by atoms with Gasteiger partial charge >= 0.3 is 0 Å². The van der Waals surface area contributed by atoms with Crippen LogP contribution in [-0.2, 0) is 17.6 Å². The first-order valence-corrected chi connectivity index (χ1v) is 7.82. The summed E-state index contributed by atoms with van der Waals surface area (Å²) in [7, 11) is 1.97. The van der Waals surface area contributed by atoms with E-state index in [0.29, 0.717) is 11.4 Å². The second-order valence-electron chi connectivity index (χ2n) is 5.51. The standard InChI is InChI=1S/C16H24N4O/c1-4-13-14(10-17)16(19-18-15(13)5-2)20(3)11-12-8-6-7-9-21-12/h12H,4-9,11H2,1-3H3. The molecule has 0 bridgehead atoms. The van der Waals surface area contributed by atoms with Crippen LogP contribution in [0.5, 0.6) is 0 Å². The molecule has 1 saturated heterocycles. The van der Waals surface area contributed by atoms with Gasteiger partial charge in [0.2, 0.25) is 0 Å². The first-order chi connectivity index (χ1) is 10.2. The molecule has 21 heavy (non-hydrogen) atoms. The van der Waals surface area contributed by atoms with Crippen LogP contribution in [0, 0.1) is 11.3 Å². The van der Waals surface area contributed by atoms with E-state index >= 15 is 0 Å². The minimum atomic E-state index is 0.230. The number of aromatic nitrogens is 2. The van der Waals surface area contributed by atoms with Gasteiger partial charge in [-0.25, -0.2) is 0 Å². The van der Waals surface area contributed by atoms with Crippen LogP contribution in [0.4, 0.5) is 5.82 Å². The van der Waals surface area contributed by atoms with Crippen LogP contribution in [-0.4, -0.2) is 36.5 Å². The number of rotatable bonds is 5. The first kappa shape index (κ1) is 15.7. The molecular weight excluding hydrogens is 264 g/mol. The molecule has 1 aliphatic rings. The fourth-order valence-corrected chi connectivity index (χ4v) is 2.89. The molecule has 2 heterocycles. The van der Waals surface area contributed by atoms with Gasteiger partial charge in [0.25, 0.3) is 0 Å². The van der Waals surface area contributed by atoms with Crippen LogP contribution in [0.15, 0.2) is 0 Å². The highest BCUT2D eigenvalue weighted by molar-refractivity contribution is 5.57. The Morgan fingerprint density at radius 1 is 1.29 bits per heavy atom. The Kier molecular flexibility index (Phi) is 5.51. The van der Waals surface area contributed by atoms with Crippen molar-refractivity contribution >= 4 is 5.82 Å². The molecule has 0 aromatic carbocycles. The monoisotopic (exact) mass is 288 g/mol. The summed E-state index contributed by atoms with van der Waals surface area (Å²) in [6.45, 7) is 5.71. The fraction of sp³-hybridized carbons (Fsp3) is 0.688. The quantitative estimate of drug-likeness (QED) is 0.833. The smallest absolute Gasteiger partial charge is 0.169 e. The lowest BCUT2D eigenvalue weighted by Crippen LogP contribution is -2.34. The van der Waals surface area contributed by atoms with Crippen molar-refractivity contribution in [2.45, 2.75) is 52.1 Å². The average molecular weight is 288 g/mol. The molecule has 114 valence electrons. The van der Waals surface area contributed by atoms with Crippen LogP contribution < -0.4 is 4.90 Å². The van der Waals surface area contributed by atoms with Gasteiger partial charge in [0.05, 0.1) is 11.8 Å². The Labute approximate surface area is 126 Å². The number of aryl methyl sites for hydroxylation is 1. The van der Waals surface area contributed by atoms with Gasteiger partial charge in [-0.1, -0.05) is 13.8 Å². The summed E-state index contributed by atoms with van der Waals surface area (Å²) in [6.07, 6.45) is 5.28. The Morgan fingerprint density at radius 2 is 2.10 bits per heavy atom. The highest BCUT2D eigenvalue weighted by Gasteiger charge is 2.21. The van der Waals surface area contributed by atoms with E-state index in [0.717, 1.165) is 50.1 Å². The van der Waals surface area contributed by atoms with E-state index in [-0.39, 0.29) is 6.10 Å². The topological polar surface area (TPSA) is 62.0 Å². The maximum Gasteiger partial charge on any atom is 0.169 e. The molecule has 0 N–H and O–H groups in total. The lowest BCUT2D eigenvalue weighted by molar-refractivity contribution is 0.0215. The fourth-order valence-electron chi connectivity index (χ4n) is 2.89. The summed E-state index contributed by atoms with van der Waals surface area (Å²) in [4.78, 5) is 2.01. The van der Waals surface area contributed by atoms with Crippen molar-refractivity contribution in [3.8, 4) is 6.07 Å². The number of hydrogen-bond acceptors (Lipinski definition) is 5. The van der Waals surface area contributed by atoms with Crippen molar-refractivity contribution < 1.29 is 4.74 Å². The van der Waals surface area contributed by atoms with Gasteiger partial charge in [0.1, 0.15) is 11.6 Å². The number of ether oxygens (including phenoxy) is 1. The van der Waals surface area contributed by atoms with Crippen molar-refractivity contribution in [3.05, 3.63) is 16.8 Å². The zero-order chi connectivity index (χ0) is 15.2. The molecule has 1 fully saturated rings. The number of hydrogen-bond donors (Lipinski definition) is 0. The van der Waals surface area contributed by atoms with Gasteiger partial charge in [-0.15, -0.1) is 5.10 Å². The predicted molar refractivity (Wildman–Crippen MR) is 82.4 cm³/mol. The van der Waals surface area contributed by atoms with E-state index in [4.69, 9.17) is 4.74 Å². The maximum absolute atomic E-state index is 9.53. The minimum absolute atomic E-state index is 0.230. The summed E-state index contributed by atoms with van der Waals surface area (Å²) in [5.41, 5.74) is 2.63. The van der Waals surface area contributed by atoms with Gasteiger partial charge < -0.3 is 9.64 Å².